The molecule has 6 heteroatoms. The molecule has 0 heterocycles. The second-order valence-corrected chi connectivity index (χ2v) is 21.0. The van der Waals surface area contributed by atoms with Crippen molar-refractivity contribution in [1.29, 1.82) is 0 Å². The molecule has 0 aromatic heterocycles. The van der Waals surface area contributed by atoms with Crippen LogP contribution in [-0.4, -0.2) is 39.9 Å². The highest BCUT2D eigenvalue weighted by atomic mass is 28.4. The zero-order chi connectivity index (χ0) is 25.9. The summed E-state index contributed by atoms with van der Waals surface area (Å²) < 4.78 is 12.8. The molecule has 186 valence electrons. The molecule has 0 aromatic carbocycles. The van der Waals surface area contributed by atoms with E-state index in [2.05, 4.69) is 85.5 Å². The Morgan fingerprint density at radius 2 is 1.55 bits per heavy atom. The third-order valence-corrected chi connectivity index (χ3v) is 15.5. The van der Waals surface area contributed by atoms with Crippen molar-refractivity contribution in [3.05, 3.63) is 24.3 Å². The van der Waals surface area contributed by atoms with Gasteiger partial charge in [-0.3, -0.25) is 4.79 Å². The van der Waals surface area contributed by atoms with Crippen molar-refractivity contribution in [2.75, 3.05) is 0 Å². The average Bonchev–Trinajstić information content (AvgIpc) is 2.61. The van der Waals surface area contributed by atoms with E-state index in [9.17, 15) is 4.79 Å². The van der Waals surface area contributed by atoms with Gasteiger partial charge >= 0.3 is 5.97 Å². The fraction of sp³-hybridized carbons (Fsp3) is 0.667. The van der Waals surface area contributed by atoms with Crippen molar-refractivity contribution in [3.8, 4) is 24.2 Å². The molecule has 0 spiro atoms. The monoisotopic (exact) mass is 490 g/mol. The normalized spacial score (nSPS) is 15.2. The number of carboxylic acid groups (broad SMARTS) is 1. The number of aliphatic carboxylic acids is 1. The molecule has 33 heavy (non-hydrogen) atoms. The van der Waals surface area contributed by atoms with Gasteiger partial charge in [-0.15, -0.1) is 12.3 Å². The van der Waals surface area contributed by atoms with E-state index < -0.39 is 22.6 Å². The summed E-state index contributed by atoms with van der Waals surface area (Å²) in [4.78, 5) is 10.9. The summed E-state index contributed by atoms with van der Waals surface area (Å²) in [6, 6.07) is 0. The number of carbonyl (C=O) groups is 1. The van der Waals surface area contributed by atoms with Crippen molar-refractivity contribution in [2.45, 2.75) is 116 Å². The first-order valence-electron chi connectivity index (χ1n) is 11.8. The molecule has 0 radical (unpaired) electrons. The molecule has 0 aromatic rings. The van der Waals surface area contributed by atoms with Crippen molar-refractivity contribution in [1.82, 2.24) is 0 Å². The van der Waals surface area contributed by atoms with Crippen LogP contribution >= 0.6 is 0 Å². The topological polar surface area (TPSA) is 55.8 Å². The first-order chi connectivity index (χ1) is 14.9. The lowest BCUT2D eigenvalue weighted by Crippen LogP contribution is -2.43. The van der Waals surface area contributed by atoms with Gasteiger partial charge in [-0.1, -0.05) is 71.6 Å². The molecule has 0 aliphatic rings. The van der Waals surface area contributed by atoms with Gasteiger partial charge in [0.25, 0.3) is 0 Å². The van der Waals surface area contributed by atoms with Gasteiger partial charge in [0.15, 0.2) is 16.6 Å². The van der Waals surface area contributed by atoms with E-state index in [0.29, 0.717) is 19.3 Å². The largest absolute Gasteiger partial charge is 0.481 e. The fourth-order valence-corrected chi connectivity index (χ4v) is 4.90. The minimum atomic E-state index is -2.00. The summed E-state index contributed by atoms with van der Waals surface area (Å²) in [5.41, 5.74) is 0. The number of hydrogen-bond donors (Lipinski definition) is 1. The molecule has 1 N–H and O–H groups in total. The number of rotatable bonds is 11. The van der Waals surface area contributed by atoms with Gasteiger partial charge in [0.2, 0.25) is 0 Å². The second-order valence-electron chi connectivity index (χ2n) is 11.5. The molecule has 0 saturated heterocycles. The third-order valence-electron chi connectivity index (χ3n) is 6.53. The van der Waals surface area contributed by atoms with Crippen LogP contribution in [0.15, 0.2) is 24.3 Å². The van der Waals surface area contributed by atoms with E-state index in [1.807, 2.05) is 18.2 Å². The molecule has 0 rings (SSSR count). The molecule has 0 aliphatic carbocycles. The van der Waals surface area contributed by atoms with E-state index in [4.69, 9.17) is 20.4 Å². The Morgan fingerprint density at radius 1 is 1.00 bits per heavy atom. The van der Waals surface area contributed by atoms with Crippen molar-refractivity contribution in [3.63, 3.8) is 0 Å². The van der Waals surface area contributed by atoms with Crippen molar-refractivity contribution in [2.24, 2.45) is 0 Å². The van der Waals surface area contributed by atoms with Gasteiger partial charge in [-0.2, -0.15) is 0 Å². The number of terminal acetylenes is 1. The summed E-state index contributed by atoms with van der Waals surface area (Å²) in [7, 11) is -3.91. The van der Waals surface area contributed by atoms with E-state index in [0.717, 1.165) is 0 Å². The highest BCUT2D eigenvalue weighted by Gasteiger charge is 2.39. The Bertz CT molecular complexity index is 778. The highest BCUT2D eigenvalue weighted by Crippen LogP contribution is 2.38. The Hall–Kier alpha value is -1.58. The van der Waals surface area contributed by atoms with E-state index in [-0.39, 0.29) is 28.7 Å². The van der Waals surface area contributed by atoms with Gasteiger partial charge in [0.1, 0.15) is 6.10 Å². The van der Waals surface area contributed by atoms with Crippen LogP contribution in [0.25, 0.3) is 0 Å². The molecule has 4 nitrogen and oxygen atoms in total. The molecule has 0 aliphatic heterocycles. The van der Waals surface area contributed by atoms with Gasteiger partial charge < -0.3 is 14.0 Å². The maximum Gasteiger partial charge on any atom is 0.303 e. The fourth-order valence-electron chi connectivity index (χ4n) is 2.38. The standard InChI is InChI=1S/C27H46O4Si2/c1-12-18-23(30-32(8,9)26(2,3)4)19-15-13-14-16-20-24(21-17-22-25(28)29)31-33(10,11)27(5,6)7/h1,13-15,19,23-24H,17-18,21-22H2,2-11H3,(H,28,29). The Kier molecular flexibility index (Phi) is 12.7. The van der Waals surface area contributed by atoms with Gasteiger partial charge in [-0.05, 0) is 55.2 Å². The number of hydrogen-bond acceptors (Lipinski definition) is 3. The molecule has 2 unspecified atom stereocenters. The highest BCUT2D eigenvalue weighted by molar-refractivity contribution is 6.74. The molecule has 0 bridgehead atoms. The minimum absolute atomic E-state index is 0.0640. The third kappa shape index (κ3) is 12.5. The average molecular weight is 491 g/mol. The van der Waals surface area contributed by atoms with Crippen LogP contribution in [0.3, 0.4) is 0 Å². The van der Waals surface area contributed by atoms with Crippen LogP contribution in [0.4, 0.5) is 0 Å². The molecular weight excluding hydrogens is 444 g/mol. The predicted octanol–water partition coefficient (Wildman–Crippen LogP) is 7.16. The molecule has 2 atom stereocenters. The van der Waals surface area contributed by atoms with E-state index in [1.165, 1.54) is 0 Å². The Morgan fingerprint density at radius 3 is 2.03 bits per heavy atom. The molecule has 0 amide bonds. The summed E-state index contributed by atoms with van der Waals surface area (Å²) in [5, 5.41) is 9.14. The van der Waals surface area contributed by atoms with Crippen molar-refractivity contribution >= 4 is 22.6 Å². The van der Waals surface area contributed by atoms with E-state index in [1.54, 1.807) is 6.08 Å². The maximum absolute atomic E-state index is 10.9. The Balaban J connectivity index is 5.28. The summed E-state index contributed by atoms with van der Waals surface area (Å²) >= 11 is 0. The van der Waals surface area contributed by atoms with Gasteiger partial charge in [0, 0.05) is 12.8 Å². The van der Waals surface area contributed by atoms with Crippen molar-refractivity contribution < 1.29 is 18.8 Å². The minimum Gasteiger partial charge on any atom is -0.481 e. The number of allylic oxidation sites excluding steroid dienone is 3. The van der Waals surface area contributed by atoms with Gasteiger partial charge in [0.05, 0.1) is 6.10 Å². The zero-order valence-corrected chi connectivity index (χ0v) is 24.5. The molecular formula is C27H46O4Si2. The van der Waals surface area contributed by atoms with E-state index >= 15 is 0 Å². The lowest BCUT2D eigenvalue weighted by Gasteiger charge is -2.38. The van der Waals surface area contributed by atoms with Crippen LogP contribution in [0.5, 0.6) is 0 Å². The summed E-state index contributed by atoms with van der Waals surface area (Å²) in [6.45, 7) is 22.0. The number of carboxylic acids is 1. The zero-order valence-electron chi connectivity index (χ0n) is 22.5. The van der Waals surface area contributed by atoms with Crippen LogP contribution in [0.2, 0.25) is 36.3 Å². The maximum atomic E-state index is 10.9. The summed E-state index contributed by atoms with van der Waals surface area (Å²) in [5.74, 6) is 8.18. The quantitative estimate of drug-likeness (QED) is 0.190. The van der Waals surface area contributed by atoms with Crippen LogP contribution in [0, 0.1) is 24.2 Å². The lowest BCUT2D eigenvalue weighted by atomic mass is 10.1. The Labute approximate surface area is 205 Å². The lowest BCUT2D eigenvalue weighted by molar-refractivity contribution is -0.137. The first-order valence-corrected chi connectivity index (χ1v) is 17.6. The van der Waals surface area contributed by atoms with Crippen LogP contribution in [0.1, 0.15) is 67.2 Å². The predicted molar refractivity (Wildman–Crippen MR) is 145 cm³/mol. The smallest absolute Gasteiger partial charge is 0.303 e. The molecule has 0 fully saturated rings. The summed E-state index contributed by atoms with van der Waals surface area (Å²) in [6.07, 6.45) is 14.6. The SMILES string of the molecule is C#CCC(C=CC=CC#CC(CCCC(=O)O)O[Si](C)(C)C(C)(C)C)O[Si](C)(C)C(C)(C)C. The molecule has 0 saturated carbocycles. The first kappa shape index (κ1) is 31.4. The van der Waals surface area contributed by atoms with Crippen LogP contribution in [-0.2, 0) is 13.6 Å². The second kappa shape index (κ2) is 13.3. The van der Waals surface area contributed by atoms with Gasteiger partial charge in [-0.25, -0.2) is 0 Å². The van der Waals surface area contributed by atoms with Crippen LogP contribution < -0.4 is 0 Å².